The van der Waals surface area contributed by atoms with Crippen molar-refractivity contribution in [2.45, 2.75) is 78.1 Å². The van der Waals surface area contributed by atoms with Gasteiger partial charge in [-0.15, -0.1) is 0 Å². The summed E-state index contributed by atoms with van der Waals surface area (Å²) in [6.45, 7) is 3.16. The third-order valence-corrected chi connectivity index (χ3v) is 10.6. The molecule has 334 valence electrons. The SMILES string of the molecule is CCOC(=O)Oc1ccccc1C(=O)c1cccc(C(=O)OOC(=O)c2cccc(C(=O)c3ccccc3OC(=O)OCC)c2OC(=O)C2CCCCC2)c1OC(=O)C1CCCCC1. The number of ketones is 2. The second-order valence-electron chi connectivity index (χ2n) is 14.8. The molecule has 16 heteroatoms. The summed E-state index contributed by atoms with van der Waals surface area (Å²) in [7, 11) is 0. The summed E-state index contributed by atoms with van der Waals surface area (Å²) in [6.07, 6.45) is 4.84. The van der Waals surface area contributed by atoms with Gasteiger partial charge in [0, 0.05) is 0 Å². The molecule has 2 aliphatic rings. The van der Waals surface area contributed by atoms with Gasteiger partial charge in [0.2, 0.25) is 11.6 Å². The Balaban J connectivity index is 1.33. The van der Waals surface area contributed by atoms with E-state index >= 15 is 0 Å². The van der Waals surface area contributed by atoms with E-state index < -0.39 is 82.2 Å². The average molecular weight is 879 g/mol. The van der Waals surface area contributed by atoms with Gasteiger partial charge in [-0.05, 0) is 88.1 Å². The van der Waals surface area contributed by atoms with Gasteiger partial charge in [-0.25, -0.2) is 29.0 Å². The number of hydrogen-bond donors (Lipinski definition) is 0. The lowest BCUT2D eigenvalue weighted by Gasteiger charge is -2.21. The van der Waals surface area contributed by atoms with Crippen LogP contribution in [-0.2, 0) is 28.8 Å². The van der Waals surface area contributed by atoms with Crippen molar-refractivity contribution in [3.63, 3.8) is 0 Å². The van der Waals surface area contributed by atoms with Crippen LogP contribution in [0.2, 0.25) is 0 Å². The quantitative estimate of drug-likeness (QED) is 0.0289. The van der Waals surface area contributed by atoms with Crippen LogP contribution in [0.5, 0.6) is 23.0 Å². The molecule has 0 radical (unpaired) electrons. The molecule has 0 aliphatic heterocycles. The van der Waals surface area contributed by atoms with E-state index in [1.807, 2.05) is 0 Å². The topological polar surface area (TPSA) is 210 Å². The van der Waals surface area contributed by atoms with E-state index in [1.165, 1.54) is 84.9 Å². The van der Waals surface area contributed by atoms with Crippen LogP contribution in [0.1, 0.15) is 131 Å². The average Bonchev–Trinajstić information content (AvgIpc) is 3.31. The Kier molecular flexibility index (Phi) is 16.0. The van der Waals surface area contributed by atoms with Crippen molar-refractivity contribution >= 4 is 47.8 Å². The first kappa shape index (κ1) is 46.2. The summed E-state index contributed by atoms with van der Waals surface area (Å²) in [5.74, 6) is -8.20. The summed E-state index contributed by atoms with van der Waals surface area (Å²) >= 11 is 0. The van der Waals surface area contributed by atoms with Crippen LogP contribution in [0.4, 0.5) is 9.59 Å². The number of carbonyl (C=O) groups is 8. The van der Waals surface area contributed by atoms with Crippen molar-refractivity contribution in [1.82, 2.24) is 0 Å². The largest absolute Gasteiger partial charge is 0.513 e. The first-order valence-electron chi connectivity index (χ1n) is 21.1. The van der Waals surface area contributed by atoms with Crippen LogP contribution in [0.3, 0.4) is 0 Å². The van der Waals surface area contributed by atoms with Gasteiger partial charge >= 0.3 is 36.2 Å². The van der Waals surface area contributed by atoms with E-state index in [-0.39, 0.29) is 47.0 Å². The lowest BCUT2D eigenvalue weighted by Crippen LogP contribution is -2.25. The minimum absolute atomic E-state index is 0.00391. The maximum atomic E-state index is 14.2. The van der Waals surface area contributed by atoms with Crippen LogP contribution < -0.4 is 18.9 Å². The summed E-state index contributed by atoms with van der Waals surface area (Å²) in [5.41, 5.74) is -1.83. The zero-order valence-electron chi connectivity index (χ0n) is 35.3. The molecule has 16 nitrogen and oxygen atoms in total. The van der Waals surface area contributed by atoms with Gasteiger partial charge in [-0.1, -0.05) is 74.9 Å². The molecule has 2 saturated carbocycles. The van der Waals surface area contributed by atoms with Gasteiger partial charge in [0.1, 0.15) is 22.6 Å². The van der Waals surface area contributed by atoms with Crippen LogP contribution in [0, 0.1) is 11.8 Å². The molecule has 4 aromatic rings. The number of benzene rings is 4. The monoisotopic (exact) mass is 878 g/mol. The van der Waals surface area contributed by atoms with E-state index in [0.29, 0.717) is 25.7 Å². The molecular weight excluding hydrogens is 833 g/mol. The molecule has 2 aliphatic carbocycles. The summed E-state index contributed by atoms with van der Waals surface area (Å²) in [4.78, 5) is 118. The molecule has 0 bridgehead atoms. The zero-order chi connectivity index (χ0) is 45.6. The molecule has 64 heavy (non-hydrogen) atoms. The second kappa shape index (κ2) is 22.1. The molecule has 0 heterocycles. The third kappa shape index (κ3) is 11.4. The number of hydrogen-bond acceptors (Lipinski definition) is 16. The van der Waals surface area contributed by atoms with E-state index in [9.17, 15) is 38.4 Å². The highest BCUT2D eigenvalue weighted by Gasteiger charge is 2.33. The fraction of sp³-hybridized carbons (Fsp3) is 0.333. The highest BCUT2D eigenvalue weighted by molar-refractivity contribution is 6.15. The fourth-order valence-corrected chi connectivity index (χ4v) is 7.43. The highest BCUT2D eigenvalue weighted by atomic mass is 17.2. The molecule has 0 aromatic heterocycles. The Morgan fingerprint density at radius 1 is 0.422 bits per heavy atom. The van der Waals surface area contributed by atoms with Gasteiger partial charge in [-0.3, -0.25) is 19.2 Å². The van der Waals surface area contributed by atoms with Crippen LogP contribution in [0.25, 0.3) is 0 Å². The first-order valence-corrected chi connectivity index (χ1v) is 21.1. The zero-order valence-corrected chi connectivity index (χ0v) is 35.3. The molecule has 2 fully saturated rings. The molecule has 0 amide bonds. The first-order chi connectivity index (χ1) is 31.0. The second-order valence-corrected chi connectivity index (χ2v) is 14.8. The molecule has 0 unspecified atom stereocenters. The van der Waals surface area contributed by atoms with Crippen LogP contribution >= 0.6 is 0 Å². The normalized spacial score (nSPS) is 14.0. The minimum atomic E-state index is -1.37. The predicted molar refractivity (Wildman–Crippen MR) is 223 cm³/mol. The third-order valence-electron chi connectivity index (χ3n) is 10.6. The number of esters is 2. The fourth-order valence-electron chi connectivity index (χ4n) is 7.43. The molecule has 0 N–H and O–H groups in total. The maximum Gasteiger partial charge on any atom is 0.513 e. The molecule has 6 rings (SSSR count). The highest BCUT2D eigenvalue weighted by Crippen LogP contribution is 2.35. The van der Waals surface area contributed by atoms with Crippen molar-refractivity contribution in [2.75, 3.05) is 13.2 Å². The standard InChI is InChI=1S/C48H46O16/c1-3-57-47(55)59-37-27-13-11-21-31(37)39(49)33-23-15-25-35(41(33)61-43(51)29-17-7-5-8-18-29)45(53)63-64-46(54)36-26-16-24-34(42(36)62-44(52)30-19-9-6-10-20-30)40(50)32-22-12-14-28-38(32)60-48(56)58-4-2/h11-16,21-30H,3-10,17-20H2,1-2H3. The lowest BCUT2D eigenvalue weighted by atomic mass is 9.89. The van der Waals surface area contributed by atoms with Gasteiger partial charge in [0.25, 0.3) is 0 Å². The predicted octanol–water partition coefficient (Wildman–Crippen LogP) is 9.12. The van der Waals surface area contributed by atoms with E-state index in [0.717, 1.165) is 38.5 Å². The van der Waals surface area contributed by atoms with E-state index in [4.69, 9.17) is 38.2 Å². The summed E-state index contributed by atoms with van der Waals surface area (Å²) in [5, 5.41) is 0. The molecule has 4 aromatic carbocycles. The Hall–Kier alpha value is -7.36. The van der Waals surface area contributed by atoms with Crippen molar-refractivity contribution in [2.24, 2.45) is 11.8 Å². The Labute approximate surface area is 367 Å². The van der Waals surface area contributed by atoms with Gasteiger partial charge in [-0.2, -0.15) is 0 Å². The number of rotatable bonds is 14. The van der Waals surface area contributed by atoms with E-state index in [2.05, 4.69) is 0 Å². The van der Waals surface area contributed by atoms with Crippen LogP contribution in [0.15, 0.2) is 84.9 Å². The van der Waals surface area contributed by atoms with Crippen molar-refractivity contribution < 1.29 is 76.6 Å². The van der Waals surface area contributed by atoms with E-state index in [1.54, 1.807) is 13.8 Å². The summed E-state index contributed by atoms with van der Waals surface area (Å²) in [6, 6.07) is 19.1. The number of ether oxygens (including phenoxy) is 6. The van der Waals surface area contributed by atoms with Gasteiger partial charge < -0.3 is 28.4 Å². The molecule has 0 atom stereocenters. The molecule has 0 spiro atoms. The molecule has 0 saturated heterocycles. The minimum Gasteiger partial charge on any atom is -0.434 e. The Morgan fingerprint density at radius 3 is 1.14 bits per heavy atom. The van der Waals surface area contributed by atoms with Crippen LogP contribution in [-0.4, -0.2) is 61.0 Å². The van der Waals surface area contributed by atoms with Crippen molar-refractivity contribution in [3.05, 3.63) is 118 Å². The van der Waals surface area contributed by atoms with Gasteiger partial charge in [0.15, 0.2) is 11.5 Å². The summed E-state index contributed by atoms with van der Waals surface area (Å²) < 4.78 is 31.9. The number of carbonyl (C=O) groups excluding carboxylic acids is 8. The maximum absolute atomic E-state index is 14.2. The Bertz CT molecular complexity index is 2240. The van der Waals surface area contributed by atoms with Gasteiger partial charge in [0.05, 0.1) is 47.3 Å². The van der Waals surface area contributed by atoms with Crippen molar-refractivity contribution in [3.8, 4) is 23.0 Å². The smallest absolute Gasteiger partial charge is 0.434 e. The lowest BCUT2D eigenvalue weighted by molar-refractivity contribution is -0.187. The number of para-hydroxylation sites is 4. The molecular formula is C48H46O16. The Morgan fingerprint density at radius 2 is 0.766 bits per heavy atom. The van der Waals surface area contributed by atoms with Crippen molar-refractivity contribution in [1.29, 1.82) is 0 Å².